The van der Waals surface area contributed by atoms with Gasteiger partial charge < -0.3 is 14.9 Å². The Morgan fingerprint density at radius 1 is 0.760 bits per heavy atom. The maximum Gasteiger partial charge on any atom is 0.0611 e. The van der Waals surface area contributed by atoms with Crippen molar-refractivity contribution >= 4 is 0 Å². The topological polar surface area (TPSA) is 49.7 Å². The molecule has 2 heterocycles. The highest BCUT2D eigenvalue weighted by atomic mass is 16.5. The third-order valence-corrected chi connectivity index (χ3v) is 7.28. The molecule has 2 saturated heterocycles. The average molecular weight is 353 g/mol. The highest BCUT2D eigenvalue weighted by Crippen LogP contribution is 2.48. The van der Waals surface area contributed by atoms with Gasteiger partial charge in [0.05, 0.1) is 18.3 Å². The van der Waals surface area contributed by atoms with Gasteiger partial charge in [-0.3, -0.25) is 0 Å². The van der Waals surface area contributed by atoms with E-state index in [1.807, 2.05) is 0 Å². The third kappa shape index (κ3) is 5.43. The Balaban J connectivity index is 1.39. The number of fused-ring (bicyclic) bond motifs is 2. The predicted molar refractivity (Wildman–Crippen MR) is 101 cm³/mol. The Morgan fingerprint density at radius 3 is 2.12 bits per heavy atom. The molecule has 5 unspecified atom stereocenters. The van der Waals surface area contributed by atoms with Gasteiger partial charge in [0, 0.05) is 6.61 Å². The van der Waals surface area contributed by atoms with Crippen molar-refractivity contribution < 1.29 is 14.9 Å². The van der Waals surface area contributed by atoms with Crippen LogP contribution in [0.1, 0.15) is 96.3 Å². The fourth-order valence-electron chi connectivity index (χ4n) is 5.81. The van der Waals surface area contributed by atoms with Crippen LogP contribution >= 0.6 is 0 Å². The summed E-state index contributed by atoms with van der Waals surface area (Å²) >= 11 is 0. The average Bonchev–Trinajstić information content (AvgIpc) is 3.25. The molecule has 0 spiro atoms. The zero-order chi connectivity index (χ0) is 17.5. The van der Waals surface area contributed by atoms with Crippen LogP contribution in [0.5, 0.6) is 0 Å². The van der Waals surface area contributed by atoms with Gasteiger partial charge in [-0.05, 0) is 69.1 Å². The molecule has 5 atom stereocenters. The maximum absolute atomic E-state index is 10.6. The van der Waals surface area contributed by atoms with E-state index in [4.69, 9.17) is 9.84 Å². The number of hydrogen-bond acceptors (Lipinski definition) is 3. The van der Waals surface area contributed by atoms with Crippen LogP contribution in [0.3, 0.4) is 0 Å². The van der Waals surface area contributed by atoms with Gasteiger partial charge in [-0.2, -0.15) is 0 Å². The standard InChI is InChI=1S/C22H40O3/c23-16-8-3-1-2-7-11-18-19(22-15-14-21(18)25-22)12-13-20(24)17-9-5-4-6-10-17/h17-24H,1-16H2. The molecule has 1 saturated carbocycles. The van der Waals surface area contributed by atoms with Crippen LogP contribution in [-0.2, 0) is 4.74 Å². The fraction of sp³-hybridized carbons (Fsp3) is 1.00. The molecule has 0 aromatic rings. The van der Waals surface area contributed by atoms with Crippen molar-refractivity contribution in [1.29, 1.82) is 0 Å². The van der Waals surface area contributed by atoms with Crippen LogP contribution in [0.4, 0.5) is 0 Å². The molecule has 3 fully saturated rings. The molecule has 146 valence electrons. The van der Waals surface area contributed by atoms with Crippen LogP contribution in [0, 0.1) is 17.8 Å². The Labute approximate surface area is 154 Å². The van der Waals surface area contributed by atoms with Crippen molar-refractivity contribution in [3.05, 3.63) is 0 Å². The number of aliphatic hydroxyl groups excluding tert-OH is 2. The summed E-state index contributed by atoms with van der Waals surface area (Å²) in [5.74, 6) is 2.02. The molecule has 0 radical (unpaired) electrons. The zero-order valence-electron chi connectivity index (χ0n) is 16.1. The summed E-state index contributed by atoms with van der Waals surface area (Å²) in [6.07, 6.45) is 19.4. The van der Waals surface area contributed by atoms with Gasteiger partial charge in [-0.25, -0.2) is 0 Å². The molecule has 0 amide bonds. The van der Waals surface area contributed by atoms with Crippen LogP contribution in [0.15, 0.2) is 0 Å². The Kier molecular flexibility index (Phi) is 8.07. The second-order valence-corrected chi connectivity index (χ2v) is 8.94. The molecule has 3 rings (SSSR count). The summed E-state index contributed by atoms with van der Waals surface area (Å²) in [4.78, 5) is 0. The zero-order valence-corrected chi connectivity index (χ0v) is 16.1. The minimum atomic E-state index is -0.0708. The minimum Gasteiger partial charge on any atom is -0.396 e. The lowest BCUT2D eigenvalue weighted by Crippen LogP contribution is -2.30. The summed E-state index contributed by atoms with van der Waals surface area (Å²) in [5.41, 5.74) is 0. The monoisotopic (exact) mass is 352 g/mol. The highest BCUT2D eigenvalue weighted by molar-refractivity contribution is 4.96. The van der Waals surface area contributed by atoms with E-state index in [0.717, 1.165) is 18.8 Å². The molecule has 3 nitrogen and oxygen atoms in total. The van der Waals surface area contributed by atoms with Crippen molar-refractivity contribution in [2.24, 2.45) is 17.8 Å². The smallest absolute Gasteiger partial charge is 0.0611 e. The fourth-order valence-corrected chi connectivity index (χ4v) is 5.81. The van der Waals surface area contributed by atoms with E-state index in [1.54, 1.807) is 0 Å². The summed E-state index contributed by atoms with van der Waals surface area (Å²) in [7, 11) is 0. The van der Waals surface area contributed by atoms with E-state index >= 15 is 0 Å². The van der Waals surface area contributed by atoms with Gasteiger partial charge in [0.25, 0.3) is 0 Å². The molecule has 1 aliphatic carbocycles. The molecule has 2 aliphatic heterocycles. The minimum absolute atomic E-state index is 0.0708. The van der Waals surface area contributed by atoms with Gasteiger partial charge in [-0.1, -0.05) is 44.9 Å². The van der Waals surface area contributed by atoms with E-state index in [9.17, 15) is 5.11 Å². The summed E-state index contributed by atoms with van der Waals surface area (Å²) in [6, 6.07) is 0. The van der Waals surface area contributed by atoms with Gasteiger partial charge in [0.15, 0.2) is 0 Å². The lowest BCUT2D eigenvalue weighted by molar-refractivity contribution is 0.0606. The van der Waals surface area contributed by atoms with Gasteiger partial charge in [0.1, 0.15) is 0 Å². The van der Waals surface area contributed by atoms with E-state index in [0.29, 0.717) is 30.7 Å². The lowest BCUT2D eigenvalue weighted by atomic mass is 9.73. The van der Waals surface area contributed by atoms with E-state index in [2.05, 4.69) is 0 Å². The van der Waals surface area contributed by atoms with Crippen LogP contribution in [-0.4, -0.2) is 35.1 Å². The summed E-state index contributed by atoms with van der Waals surface area (Å²) in [5, 5.41) is 19.5. The van der Waals surface area contributed by atoms with Gasteiger partial charge >= 0.3 is 0 Å². The first-order valence-electron chi connectivity index (χ1n) is 11.2. The van der Waals surface area contributed by atoms with Crippen LogP contribution in [0.2, 0.25) is 0 Å². The van der Waals surface area contributed by atoms with Crippen molar-refractivity contribution in [3.63, 3.8) is 0 Å². The predicted octanol–water partition coefficient (Wildman–Crippen LogP) is 4.83. The number of unbranched alkanes of at least 4 members (excludes halogenated alkanes) is 4. The Hall–Kier alpha value is -0.120. The molecular weight excluding hydrogens is 312 g/mol. The summed E-state index contributed by atoms with van der Waals surface area (Å²) < 4.78 is 6.26. The Morgan fingerprint density at radius 2 is 1.40 bits per heavy atom. The molecule has 2 bridgehead atoms. The van der Waals surface area contributed by atoms with Gasteiger partial charge in [0.2, 0.25) is 0 Å². The second kappa shape index (κ2) is 10.3. The van der Waals surface area contributed by atoms with Crippen molar-refractivity contribution in [2.75, 3.05) is 6.61 Å². The first-order chi connectivity index (χ1) is 12.3. The molecule has 3 heteroatoms. The summed E-state index contributed by atoms with van der Waals surface area (Å²) in [6.45, 7) is 0.339. The first kappa shape index (κ1) is 19.6. The highest BCUT2D eigenvalue weighted by Gasteiger charge is 2.47. The lowest BCUT2D eigenvalue weighted by Gasteiger charge is -2.31. The first-order valence-corrected chi connectivity index (χ1v) is 11.2. The van der Waals surface area contributed by atoms with Crippen molar-refractivity contribution in [1.82, 2.24) is 0 Å². The molecular formula is C22H40O3. The van der Waals surface area contributed by atoms with E-state index < -0.39 is 0 Å². The molecule has 25 heavy (non-hydrogen) atoms. The number of rotatable bonds is 11. The van der Waals surface area contributed by atoms with Crippen molar-refractivity contribution in [2.45, 2.75) is 115 Å². The van der Waals surface area contributed by atoms with Crippen molar-refractivity contribution in [3.8, 4) is 0 Å². The molecule has 0 aromatic heterocycles. The normalized spacial score (nSPS) is 33.8. The third-order valence-electron chi connectivity index (χ3n) is 7.28. The van der Waals surface area contributed by atoms with Gasteiger partial charge in [-0.15, -0.1) is 0 Å². The molecule has 2 N–H and O–H groups in total. The maximum atomic E-state index is 10.6. The SMILES string of the molecule is OCCCCCCCC1C2CCC(O2)C1CCC(O)C1CCCCC1. The number of aliphatic hydroxyl groups is 2. The number of ether oxygens (including phenoxy) is 1. The quantitative estimate of drug-likeness (QED) is 0.523. The molecule has 0 aromatic carbocycles. The second-order valence-electron chi connectivity index (χ2n) is 8.94. The Bertz CT molecular complexity index is 366. The van der Waals surface area contributed by atoms with E-state index in [-0.39, 0.29) is 6.10 Å². The van der Waals surface area contributed by atoms with Crippen LogP contribution < -0.4 is 0 Å². The number of hydrogen-bond donors (Lipinski definition) is 2. The largest absolute Gasteiger partial charge is 0.396 e. The van der Waals surface area contributed by atoms with Crippen LogP contribution in [0.25, 0.3) is 0 Å². The molecule has 3 aliphatic rings. The van der Waals surface area contributed by atoms with E-state index in [1.165, 1.54) is 83.5 Å².